The van der Waals surface area contributed by atoms with Crippen LogP contribution in [0.1, 0.15) is 329 Å². The number of nitrogens with one attached hydrogen (secondary N) is 1. The molecular weight excluding hydrogens is 955 g/mol. The molecule has 0 spiro atoms. The van der Waals surface area contributed by atoms with Crippen LogP contribution in [0.15, 0.2) is 12.2 Å². The van der Waals surface area contributed by atoms with Crippen molar-refractivity contribution in [2.45, 2.75) is 378 Å². The second kappa shape index (κ2) is 54.0. The number of aliphatic hydroxyl groups is 5. The van der Waals surface area contributed by atoms with Crippen molar-refractivity contribution in [2.75, 3.05) is 13.2 Å². The van der Waals surface area contributed by atoms with E-state index in [-0.39, 0.29) is 13.0 Å². The smallest absolute Gasteiger partial charge is 0.306 e. The summed E-state index contributed by atoms with van der Waals surface area (Å²) in [5.74, 6) is -1.17. The van der Waals surface area contributed by atoms with E-state index in [4.69, 9.17) is 14.2 Å². The lowest BCUT2D eigenvalue weighted by molar-refractivity contribution is -0.305. The topological polar surface area (TPSA) is 175 Å². The number of carbonyl (C=O) groups is 2. The Kier molecular flexibility index (Phi) is 51.5. The van der Waals surface area contributed by atoms with Crippen molar-refractivity contribution >= 4 is 11.9 Å². The predicted molar refractivity (Wildman–Crippen MR) is 315 cm³/mol. The fourth-order valence-corrected chi connectivity index (χ4v) is 10.7. The summed E-state index contributed by atoms with van der Waals surface area (Å²) in [6.45, 7) is 5.83. The normalized spacial score (nSPS) is 19.1. The minimum absolute atomic E-state index is 0.132. The van der Waals surface area contributed by atoms with Crippen molar-refractivity contribution in [1.82, 2.24) is 5.32 Å². The Balaban J connectivity index is 2.60. The Morgan fingerprint density at radius 3 is 1.24 bits per heavy atom. The van der Waals surface area contributed by atoms with E-state index in [2.05, 4.69) is 26.1 Å². The van der Waals surface area contributed by atoms with Crippen LogP contribution in [0.2, 0.25) is 0 Å². The van der Waals surface area contributed by atoms with E-state index in [0.29, 0.717) is 19.3 Å². The number of allylic oxidation sites excluding steroid dienone is 1. The van der Waals surface area contributed by atoms with Gasteiger partial charge in [-0.15, -0.1) is 0 Å². The summed E-state index contributed by atoms with van der Waals surface area (Å²) in [7, 11) is 0. The van der Waals surface area contributed by atoms with Crippen LogP contribution < -0.4 is 5.32 Å². The zero-order valence-electron chi connectivity index (χ0n) is 49.9. The molecule has 0 aliphatic carbocycles. The van der Waals surface area contributed by atoms with E-state index in [0.717, 1.165) is 57.8 Å². The fourth-order valence-electron chi connectivity index (χ4n) is 10.7. The van der Waals surface area contributed by atoms with E-state index in [1.54, 1.807) is 6.08 Å². The average Bonchev–Trinajstić information content (AvgIpc) is 3.42. The highest BCUT2D eigenvalue weighted by Crippen LogP contribution is 2.26. The number of unbranched alkanes of at least 4 members (excludes halogenated alkanes) is 43. The number of esters is 1. The summed E-state index contributed by atoms with van der Waals surface area (Å²) < 4.78 is 17.7. The molecule has 8 unspecified atom stereocenters. The van der Waals surface area contributed by atoms with Gasteiger partial charge < -0.3 is 45.1 Å². The minimum atomic E-state index is -1.61. The van der Waals surface area contributed by atoms with E-state index in [1.165, 1.54) is 225 Å². The van der Waals surface area contributed by atoms with Crippen molar-refractivity contribution in [3.05, 3.63) is 12.2 Å². The van der Waals surface area contributed by atoms with Crippen molar-refractivity contribution in [1.29, 1.82) is 0 Å². The van der Waals surface area contributed by atoms with Crippen LogP contribution in [-0.2, 0) is 23.8 Å². The molecule has 0 saturated carbocycles. The van der Waals surface area contributed by atoms with Crippen LogP contribution in [0.25, 0.3) is 0 Å². The number of amides is 1. The van der Waals surface area contributed by atoms with Crippen LogP contribution in [0, 0.1) is 0 Å². The molecule has 8 atom stereocenters. The van der Waals surface area contributed by atoms with Gasteiger partial charge in [-0.1, -0.05) is 309 Å². The summed E-state index contributed by atoms with van der Waals surface area (Å²) >= 11 is 0. The third-order valence-electron chi connectivity index (χ3n) is 15.9. The van der Waals surface area contributed by atoms with Gasteiger partial charge >= 0.3 is 5.97 Å². The molecule has 1 aliphatic rings. The predicted octanol–water partition coefficient (Wildman–Crippen LogP) is 15.9. The molecule has 76 heavy (non-hydrogen) atoms. The molecule has 1 amide bonds. The molecule has 6 N–H and O–H groups in total. The number of hydrogen-bond acceptors (Lipinski definition) is 10. The van der Waals surface area contributed by atoms with Crippen LogP contribution in [0.5, 0.6) is 0 Å². The SMILES string of the molecule is CCCCCCCCCCCC/C=C/C(O)C(COC1OC(CO)C(O)C(O)C1OC(=O)CCCCCCCCCCCCCCCCCCCCCCC)NC(=O)C(O)CCCCCCCCCCCCCCCC. The van der Waals surface area contributed by atoms with Crippen LogP contribution in [0.3, 0.4) is 0 Å². The number of hydrogen-bond donors (Lipinski definition) is 6. The van der Waals surface area contributed by atoms with Gasteiger partial charge in [0.05, 0.1) is 25.4 Å². The van der Waals surface area contributed by atoms with Gasteiger partial charge in [-0.2, -0.15) is 0 Å². The van der Waals surface area contributed by atoms with Gasteiger partial charge in [0, 0.05) is 6.42 Å². The summed E-state index contributed by atoms with van der Waals surface area (Å²) in [6.07, 6.45) is 51.1. The zero-order valence-corrected chi connectivity index (χ0v) is 49.9. The van der Waals surface area contributed by atoms with Gasteiger partial charge in [-0.05, 0) is 25.7 Å². The summed E-state index contributed by atoms with van der Waals surface area (Å²) in [5, 5.41) is 57.0. The molecule has 1 saturated heterocycles. The van der Waals surface area contributed by atoms with Crippen molar-refractivity contribution < 1.29 is 49.3 Å². The second-order valence-corrected chi connectivity index (χ2v) is 23.2. The molecule has 0 bridgehead atoms. The Labute approximate surface area is 468 Å². The summed E-state index contributed by atoms with van der Waals surface area (Å²) in [6, 6.07) is -1.02. The van der Waals surface area contributed by atoms with Gasteiger partial charge in [0.15, 0.2) is 12.4 Å². The molecule has 1 heterocycles. The van der Waals surface area contributed by atoms with E-state index < -0.39 is 67.4 Å². The number of ether oxygens (including phenoxy) is 3. The lowest BCUT2D eigenvalue weighted by Gasteiger charge is -2.41. The monoisotopic (exact) mass is 1080 g/mol. The largest absolute Gasteiger partial charge is 0.454 e. The molecule has 0 aromatic heterocycles. The molecule has 1 fully saturated rings. The molecule has 0 radical (unpaired) electrons. The first-order valence-corrected chi connectivity index (χ1v) is 33.0. The molecule has 11 heteroatoms. The van der Waals surface area contributed by atoms with Gasteiger partial charge in [-0.25, -0.2) is 0 Å². The zero-order chi connectivity index (χ0) is 55.4. The Morgan fingerprint density at radius 1 is 0.500 bits per heavy atom. The Morgan fingerprint density at radius 2 is 0.855 bits per heavy atom. The Bertz CT molecular complexity index is 1290. The third-order valence-corrected chi connectivity index (χ3v) is 15.9. The maximum atomic E-state index is 13.4. The molecule has 0 aromatic rings. The van der Waals surface area contributed by atoms with Crippen LogP contribution in [-0.4, -0.2) is 99.6 Å². The Hall–Kier alpha value is -1.60. The highest BCUT2D eigenvalue weighted by Gasteiger charge is 2.47. The fraction of sp³-hybridized carbons (Fsp3) is 0.938. The van der Waals surface area contributed by atoms with Crippen molar-refractivity contribution in [3.8, 4) is 0 Å². The standard InChI is InChI=1S/C65H125NO10/c1-4-7-10-13-16-19-22-25-27-28-29-30-31-32-33-35-38-41-44-47-50-53-60(70)76-63-62(72)61(71)59(54-67)75-65(63)74-55-56(57(68)51-48-45-42-39-36-24-21-18-15-12-9-6-3)66-64(73)58(69)52-49-46-43-40-37-34-26-23-20-17-14-11-8-5-2/h48,51,56-59,61-63,65,67-69,71-72H,4-47,49-50,52-55H2,1-3H3,(H,66,73)/b51-48+. The lowest BCUT2D eigenvalue weighted by Crippen LogP contribution is -2.61. The summed E-state index contributed by atoms with van der Waals surface area (Å²) in [5.41, 5.74) is 0. The average molecular weight is 1080 g/mol. The van der Waals surface area contributed by atoms with Crippen molar-refractivity contribution in [3.63, 3.8) is 0 Å². The first-order valence-electron chi connectivity index (χ1n) is 33.0. The quantitative estimate of drug-likeness (QED) is 0.0195. The lowest BCUT2D eigenvalue weighted by atomic mass is 9.99. The van der Waals surface area contributed by atoms with E-state index in [9.17, 15) is 35.1 Å². The number of carbonyl (C=O) groups excluding carboxylic acids is 2. The first kappa shape index (κ1) is 72.4. The molecule has 0 aromatic carbocycles. The molecule has 11 nitrogen and oxygen atoms in total. The molecular formula is C65H125NO10. The summed E-state index contributed by atoms with van der Waals surface area (Å²) in [4.78, 5) is 26.6. The highest BCUT2D eigenvalue weighted by molar-refractivity contribution is 5.80. The number of aliphatic hydroxyl groups excluding tert-OH is 5. The molecule has 1 rings (SSSR count). The van der Waals surface area contributed by atoms with Gasteiger partial charge in [0.1, 0.15) is 24.4 Å². The van der Waals surface area contributed by atoms with Gasteiger partial charge in [0.25, 0.3) is 0 Å². The van der Waals surface area contributed by atoms with Crippen molar-refractivity contribution in [2.24, 2.45) is 0 Å². The van der Waals surface area contributed by atoms with Gasteiger partial charge in [0.2, 0.25) is 5.91 Å². The maximum absolute atomic E-state index is 13.4. The second-order valence-electron chi connectivity index (χ2n) is 23.2. The van der Waals surface area contributed by atoms with E-state index in [1.807, 2.05) is 6.08 Å². The first-order chi connectivity index (χ1) is 37.2. The highest BCUT2D eigenvalue weighted by atomic mass is 16.7. The molecule has 450 valence electrons. The maximum Gasteiger partial charge on any atom is 0.306 e. The minimum Gasteiger partial charge on any atom is -0.454 e. The third kappa shape index (κ3) is 41.4. The van der Waals surface area contributed by atoms with E-state index >= 15 is 0 Å². The van der Waals surface area contributed by atoms with Crippen LogP contribution >= 0.6 is 0 Å². The molecule has 1 aliphatic heterocycles. The number of rotatable bonds is 57. The van der Waals surface area contributed by atoms with Crippen LogP contribution in [0.4, 0.5) is 0 Å². The van der Waals surface area contributed by atoms with Gasteiger partial charge in [-0.3, -0.25) is 9.59 Å².